The van der Waals surface area contributed by atoms with Gasteiger partial charge in [0.05, 0.1) is 16.3 Å². The van der Waals surface area contributed by atoms with Crippen molar-refractivity contribution in [3.05, 3.63) is 54.1 Å². The number of ether oxygens (including phenoxy) is 1. The lowest BCUT2D eigenvalue weighted by atomic mass is 10.0. The van der Waals surface area contributed by atoms with Gasteiger partial charge >= 0.3 is 0 Å². The quantitative estimate of drug-likeness (QED) is 0.850. The van der Waals surface area contributed by atoms with Gasteiger partial charge in [0.1, 0.15) is 11.9 Å². The van der Waals surface area contributed by atoms with Crippen molar-refractivity contribution in [2.75, 3.05) is 6.54 Å². The molecule has 1 atom stereocenters. The molecule has 1 unspecified atom stereocenters. The first-order chi connectivity index (χ1) is 11.1. The lowest BCUT2D eigenvalue weighted by Gasteiger charge is -2.26. The molecular formula is C17H17NO4S. The maximum atomic E-state index is 12.7. The number of nitrogens with one attached hydrogen (secondary N) is 1. The van der Waals surface area contributed by atoms with Gasteiger partial charge in [-0.2, -0.15) is 0 Å². The lowest BCUT2D eigenvalue weighted by Crippen LogP contribution is -2.33. The topological polar surface area (TPSA) is 72.5 Å². The first kappa shape index (κ1) is 15.6. The van der Waals surface area contributed by atoms with E-state index in [-0.39, 0.29) is 15.9 Å². The van der Waals surface area contributed by atoms with Gasteiger partial charge in [0.15, 0.2) is 0 Å². The molecule has 1 N–H and O–H groups in total. The first-order valence-electron chi connectivity index (χ1n) is 7.38. The highest BCUT2D eigenvalue weighted by atomic mass is 32.2. The Hall–Kier alpha value is -2.34. The molecule has 3 rings (SSSR count). The van der Waals surface area contributed by atoms with Crippen molar-refractivity contribution in [3.8, 4) is 5.75 Å². The second kappa shape index (κ2) is 6.42. The van der Waals surface area contributed by atoms with Gasteiger partial charge in [0.2, 0.25) is 16.2 Å². The summed E-state index contributed by atoms with van der Waals surface area (Å²) >= 11 is 0. The fourth-order valence-electron chi connectivity index (χ4n) is 2.63. The number of rotatable bonds is 5. The largest absolute Gasteiger partial charge is 0.488 e. The molecule has 0 aliphatic carbocycles. The average Bonchev–Trinajstić information content (AvgIpc) is 2.60. The van der Waals surface area contributed by atoms with E-state index in [1.54, 1.807) is 48.5 Å². The van der Waals surface area contributed by atoms with Crippen LogP contribution >= 0.6 is 0 Å². The van der Waals surface area contributed by atoms with E-state index < -0.39 is 9.84 Å². The van der Waals surface area contributed by atoms with Crippen molar-refractivity contribution in [3.63, 3.8) is 0 Å². The van der Waals surface area contributed by atoms with E-state index in [1.807, 2.05) is 0 Å². The maximum Gasteiger partial charge on any atom is 0.207 e. The number of carbonyl (C=O) groups excluding carboxylic acids is 1. The number of hydrogen-bond acceptors (Lipinski definition) is 4. The molecule has 2 aromatic rings. The molecule has 1 aliphatic heterocycles. The number of sulfone groups is 1. The van der Waals surface area contributed by atoms with Crippen LogP contribution in [-0.4, -0.2) is 27.5 Å². The molecule has 6 heteroatoms. The SMILES string of the molecule is O=CNCC1CCc2ccc(S(=O)(=O)c3ccccc3)cc2O1. The smallest absolute Gasteiger partial charge is 0.207 e. The predicted molar refractivity (Wildman–Crippen MR) is 85.1 cm³/mol. The van der Waals surface area contributed by atoms with Gasteiger partial charge in [-0.1, -0.05) is 24.3 Å². The van der Waals surface area contributed by atoms with Gasteiger partial charge in [-0.25, -0.2) is 8.42 Å². The normalized spacial score (nSPS) is 17.0. The van der Waals surface area contributed by atoms with Crippen LogP contribution in [0.5, 0.6) is 5.75 Å². The van der Waals surface area contributed by atoms with Gasteiger partial charge in [0.25, 0.3) is 0 Å². The van der Waals surface area contributed by atoms with Crippen molar-refractivity contribution in [1.82, 2.24) is 5.32 Å². The van der Waals surface area contributed by atoms with E-state index in [0.29, 0.717) is 18.7 Å². The zero-order chi connectivity index (χ0) is 16.3. The highest BCUT2D eigenvalue weighted by Gasteiger charge is 2.23. The number of benzene rings is 2. The highest BCUT2D eigenvalue weighted by Crippen LogP contribution is 2.32. The Labute approximate surface area is 135 Å². The standard InChI is InChI=1S/C17H17NO4S/c19-12-18-11-14-8-6-13-7-9-16(10-17(13)22-14)23(20,21)15-4-2-1-3-5-15/h1-5,7,9-10,12,14H,6,8,11H2,(H,18,19). The van der Waals surface area contributed by atoms with Gasteiger partial charge in [-0.05, 0) is 42.7 Å². The molecule has 0 saturated heterocycles. The summed E-state index contributed by atoms with van der Waals surface area (Å²) in [7, 11) is -3.56. The van der Waals surface area contributed by atoms with Gasteiger partial charge in [-0.3, -0.25) is 4.79 Å². The van der Waals surface area contributed by atoms with E-state index in [1.165, 1.54) is 0 Å². The molecule has 0 spiro atoms. The summed E-state index contributed by atoms with van der Waals surface area (Å²) in [6.45, 7) is 0.415. The molecule has 0 fully saturated rings. The number of carbonyl (C=O) groups is 1. The molecule has 23 heavy (non-hydrogen) atoms. The van der Waals surface area contributed by atoms with Crippen LogP contribution in [0.4, 0.5) is 0 Å². The zero-order valence-electron chi connectivity index (χ0n) is 12.4. The molecular weight excluding hydrogens is 314 g/mol. The number of aryl methyl sites for hydroxylation is 1. The summed E-state index contributed by atoms with van der Waals surface area (Å²) in [5.74, 6) is 0.575. The van der Waals surface area contributed by atoms with Crippen LogP contribution in [0.2, 0.25) is 0 Å². The summed E-state index contributed by atoms with van der Waals surface area (Å²) in [5.41, 5.74) is 0.986. The Morgan fingerprint density at radius 1 is 1.13 bits per heavy atom. The van der Waals surface area contributed by atoms with Gasteiger partial charge in [0, 0.05) is 0 Å². The minimum absolute atomic E-state index is 0.137. The van der Waals surface area contributed by atoms with Crippen molar-refractivity contribution in [1.29, 1.82) is 0 Å². The number of fused-ring (bicyclic) bond motifs is 1. The van der Waals surface area contributed by atoms with E-state index in [9.17, 15) is 13.2 Å². The minimum Gasteiger partial charge on any atom is -0.488 e. The number of hydrogen-bond donors (Lipinski definition) is 1. The lowest BCUT2D eigenvalue weighted by molar-refractivity contribution is -0.109. The molecule has 1 aliphatic rings. The fourth-order valence-corrected chi connectivity index (χ4v) is 3.93. The monoisotopic (exact) mass is 331 g/mol. The Morgan fingerprint density at radius 2 is 1.91 bits per heavy atom. The molecule has 0 aromatic heterocycles. The minimum atomic E-state index is -3.56. The Balaban J connectivity index is 1.90. The van der Waals surface area contributed by atoms with E-state index in [2.05, 4.69) is 5.32 Å². The average molecular weight is 331 g/mol. The third kappa shape index (κ3) is 3.22. The molecule has 1 heterocycles. The Kier molecular flexibility index (Phi) is 4.34. The van der Waals surface area contributed by atoms with Gasteiger partial charge < -0.3 is 10.1 Å². The summed E-state index contributed by atoms with van der Waals surface area (Å²) in [6, 6.07) is 13.3. The van der Waals surface area contributed by atoms with Crippen LogP contribution < -0.4 is 10.1 Å². The maximum absolute atomic E-state index is 12.7. The highest BCUT2D eigenvalue weighted by molar-refractivity contribution is 7.91. The third-order valence-electron chi connectivity index (χ3n) is 3.86. The molecule has 1 amide bonds. The summed E-state index contributed by atoms with van der Waals surface area (Å²) in [5, 5.41) is 2.60. The second-order valence-corrected chi connectivity index (χ2v) is 7.34. The second-order valence-electron chi connectivity index (χ2n) is 5.39. The molecule has 0 radical (unpaired) electrons. The third-order valence-corrected chi connectivity index (χ3v) is 5.63. The zero-order valence-corrected chi connectivity index (χ0v) is 13.3. The van der Waals surface area contributed by atoms with Crippen LogP contribution in [0.1, 0.15) is 12.0 Å². The van der Waals surface area contributed by atoms with Crippen molar-refractivity contribution >= 4 is 16.2 Å². The molecule has 0 saturated carbocycles. The van der Waals surface area contributed by atoms with Crippen LogP contribution in [-0.2, 0) is 21.1 Å². The number of amides is 1. The van der Waals surface area contributed by atoms with E-state index >= 15 is 0 Å². The van der Waals surface area contributed by atoms with Crippen LogP contribution in [0, 0.1) is 0 Å². The summed E-state index contributed by atoms with van der Waals surface area (Å²) in [4.78, 5) is 10.9. The molecule has 5 nitrogen and oxygen atoms in total. The van der Waals surface area contributed by atoms with Crippen molar-refractivity contribution < 1.29 is 17.9 Å². The molecule has 120 valence electrons. The van der Waals surface area contributed by atoms with Crippen LogP contribution in [0.15, 0.2) is 58.3 Å². The van der Waals surface area contributed by atoms with Gasteiger partial charge in [-0.15, -0.1) is 0 Å². The summed E-state index contributed by atoms with van der Waals surface area (Å²) in [6.07, 6.45) is 2.09. The Bertz CT molecular complexity index is 803. The van der Waals surface area contributed by atoms with Crippen molar-refractivity contribution in [2.24, 2.45) is 0 Å². The molecule has 2 aromatic carbocycles. The van der Waals surface area contributed by atoms with E-state index in [0.717, 1.165) is 18.4 Å². The molecule has 0 bridgehead atoms. The predicted octanol–water partition coefficient (Wildman–Crippen LogP) is 1.96. The Morgan fingerprint density at radius 3 is 2.65 bits per heavy atom. The van der Waals surface area contributed by atoms with Crippen LogP contribution in [0.25, 0.3) is 0 Å². The van der Waals surface area contributed by atoms with E-state index in [4.69, 9.17) is 4.74 Å². The summed E-state index contributed by atoms with van der Waals surface area (Å²) < 4.78 is 31.1. The van der Waals surface area contributed by atoms with Crippen LogP contribution in [0.3, 0.4) is 0 Å². The first-order valence-corrected chi connectivity index (χ1v) is 8.86. The van der Waals surface area contributed by atoms with Crippen molar-refractivity contribution in [2.45, 2.75) is 28.7 Å². The fraction of sp³-hybridized carbons (Fsp3) is 0.235.